The van der Waals surface area contributed by atoms with Crippen LogP contribution in [-0.4, -0.2) is 26.3 Å². The number of aromatic nitrogens is 3. The van der Waals surface area contributed by atoms with Gasteiger partial charge in [-0.05, 0) is 31.9 Å². The van der Waals surface area contributed by atoms with Crippen molar-refractivity contribution in [2.45, 2.75) is 50.2 Å². The molecule has 0 amide bonds. The molecule has 6 heteroatoms. The predicted molar refractivity (Wildman–Crippen MR) is 93.1 cm³/mol. The lowest BCUT2D eigenvalue weighted by Gasteiger charge is -2.24. The van der Waals surface area contributed by atoms with Crippen molar-refractivity contribution in [3.8, 4) is 6.07 Å². The van der Waals surface area contributed by atoms with E-state index in [4.69, 9.17) is 5.26 Å². The predicted octanol–water partition coefficient (Wildman–Crippen LogP) is 3.94. The third-order valence-electron chi connectivity index (χ3n) is 4.44. The number of ketones is 1. The topological polar surface area (TPSA) is 71.6 Å². The zero-order valence-electron chi connectivity index (χ0n) is 13.7. The molecule has 0 bridgehead atoms. The van der Waals surface area contributed by atoms with E-state index in [1.54, 1.807) is 24.3 Å². The van der Waals surface area contributed by atoms with Crippen molar-refractivity contribution in [1.82, 2.24) is 14.8 Å². The van der Waals surface area contributed by atoms with E-state index in [9.17, 15) is 4.79 Å². The Morgan fingerprint density at radius 2 is 1.96 bits per heavy atom. The first kappa shape index (κ1) is 16.7. The molecule has 1 saturated carbocycles. The molecule has 3 rings (SSSR count). The molecule has 0 radical (unpaired) electrons. The van der Waals surface area contributed by atoms with Crippen LogP contribution in [0.2, 0.25) is 0 Å². The first-order chi connectivity index (χ1) is 11.7. The van der Waals surface area contributed by atoms with E-state index in [-0.39, 0.29) is 5.78 Å². The number of nitriles is 1. The maximum atomic E-state index is 12.4. The van der Waals surface area contributed by atoms with Crippen LogP contribution in [-0.2, 0) is 0 Å². The molecule has 1 aliphatic carbocycles. The monoisotopic (exact) mass is 340 g/mol. The van der Waals surface area contributed by atoms with Gasteiger partial charge in [-0.2, -0.15) is 5.26 Å². The summed E-state index contributed by atoms with van der Waals surface area (Å²) < 4.78 is 2.20. The van der Waals surface area contributed by atoms with E-state index < -0.39 is 0 Å². The van der Waals surface area contributed by atoms with E-state index in [0.717, 1.165) is 23.8 Å². The Morgan fingerprint density at radius 3 is 2.62 bits per heavy atom. The Bertz CT molecular complexity index is 754. The van der Waals surface area contributed by atoms with Crippen LogP contribution in [0, 0.1) is 18.3 Å². The quantitative estimate of drug-likeness (QED) is 0.609. The molecule has 24 heavy (non-hydrogen) atoms. The fourth-order valence-electron chi connectivity index (χ4n) is 3.15. The molecule has 0 saturated heterocycles. The van der Waals surface area contributed by atoms with E-state index in [1.165, 1.54) is 31.0 Å². The summed E-state index contributed by atoms with van der Waals surface area (Å²) in [6.07, 6.45) is 6.12. The molecule has 2 aromatic rings. The van der Waals surface area contributed by atoms with Crippen LogP contribution in [0.1, 0.15) is 59.9 Å². The SMILES string of the molecule is Cc1nnc(SCC(=O)c2ccc(C#N)cc2)n1C1CCCCC1. The number of aryl methyl sites for hydroxylation is 1. The number of thioether (sulfide) groups is 1. The van der Waals surface area contributed by atoms with Gasteiger partial charge in [0, 0.05) is 11.6 Å². The number of rotatable bonds is 5. The lowest BCUT2D eigenvalue weighted by atomic mass is 9.95. The van der Waals surface area contributed by atoms with Crippen LogP contribution in [0.25, 0.3) is 0 Å². The van der Waals surface area contributed by atoms with Gasteiger partial charge in [0.1, 0.15) is 5.82 Å². The third kappa shape index (κ3) is 3.68. The van der Waals surface area contributed by atoms with Gasteiger partial charge in [0.25, 0.3) is 0 Å². The van der Waals surface area contributed by atoms with Crippen molar-refractivity contribution in [2.75, 3.05) is 5.75 Å². The molecule has 124 valence electrons. The van der Waals surface area contributed by atoms with Gasteiger partial charge in [0.15, 0.2) is 10.9 Å². The van der Waals surface area contributed by atoms with Gasteiger partial charge in [-0.3, -0.25) is 4.79 Å². The van der Waals surface area contributed by atoms with Crippen molar-refractivity contribution in [2.24, 2.45) is 0 Å². The highest BCUT2D eigenvalue weighted by atomic mass is 32.2. The number of carbonyl (C=O) groups excluding carboxylic acids is 1. The van der Waals surface area contributed by atoms with Crippen LogP contribution in [0.3, 0.4) is 0 Å². The summed E-state index contributed by atoms with van der Waals surface area (Å²) in [5.41, 5.74) is 1.19. The highest BCUT2D eigenvalue weighted by Gasteiger charge is 2.21. The first-order valence-electron chi connectivity index (χ1n) is 8.26. The molecule has 1 fully saturated rings. The summed E-state index contributed by atoms with van der Waals surface area (Å²) >= 11 is 1.45. The fourth-order valence-corrected chi connectivity index (χ4v) is 4.10. The van der Waals surface area contributed by atoms with Crippen molar-refractivity contribution in [3.63, 3.8) is 0 Å². The lowest BCUT2D eigenvalue weighted by Crippen LogP contribution is -2.15. The number of hydrogen-bond donors (Lipinski definition) is 0. The second-order valence-corrected chi connectivity index (χ2v) is 7.04. The van der Waals surface area contributed by atoms with Crippen LogP contribution >= 0.6 is 11.8 Å². The summed E-state index contributed by atoms with van der Waals surface area (Å²) in [4.78, 5) is 12.4. The summed E-state index contributed by atoms with van der Waals surface area (Å²) in [5, 5.41) is 18.1. The molecule has 1 aliphatic rings. The van der Waals surface area contributed by atoms with Gasteiger partial charge in [-0.25, -0.2) is 0 Å². The minimum Gasteiger partial charge on any atom is -0.303 e. The number of Topliss-reactive ketones (excluding diaryl/α,β-unsaturated/α-hetero) is 1. The lowest BCUT2D eigenvalue weighted by molar-refractivity contribution is 0.102. The molecular formula is C18H20N4OS. The summed E-state index contributed by atoms with van der Waals surface area (Å²) in [6.45, 7) is 1.98. The molecule has 0 N–H and O–H groups in total. The van der Waals surface area contributed by atoms with Crippen molar-refractivity contribution in [1.29, 1.82) is 5.26 Å². The second-order valence-electron chi connectivity index (χ2n) is 6.09. The van der Waals surface area contributed by atoms with Gasteiger partial charge in [-0.15, -0.1) is 10.2 Å². The van der Waals surface area contributed by atoms with E-state index in [2.05, 4.69) is 20.8 Å². The Kier molecular flexibility index (Phi) is 5.31. The molecule has 0 aliphatic heterocycles. The molecule has 1 aromatic carbocycles. The van der Waals surface area contributed by atoms with Gasteiger partial charge >= 0.3 is 0 Å². The zero-order valence-corrected chi connectivity index (χ0v) is 14.6. The fraction of sp³-hybridized carbons (Fsp3) is 0.444. The van der Waals surface area contributed by atoms with Gasteiger partial charge < -0.3 is 4.57 Å². The number of carbonyl (C=O) groups is 1. The third-order valence-corrected chi connectivity index (χ3v) is 5.39. The largest absolute Gasteiger partial charge is 0.303 e. The van der Waals surface area contributed by atoms with Crippen molar-refractivity contribution >= 4 is 17.5 Å². The number of nitrogens with zero attached hydrogens (tertiary/aromatic N) is 4. The Balaban J connectivity index is 1.68. The summed E-state index contributed by atoms with van der Waals surface area (Å²) in [5.74, 6) is 1.30. The van der Waals surface area contributed by atoms with Gasteiger partial charge in [0.2, 0.25) is 0 Å². The standard InChI is InChI=1S/C18H20N4OS/c1-13-20-21-18(22(13)16-5-3-2-4-6-16)24-12-17(23)15-9-7-14(11-19)8-10-15/h7-10,16H,2-6,12H2,1H3. The molecule has 1 heterocycles. The zero-order chi connectivity index (χ0) is 16.9. The maximum Gasteiger partial charge on any atom is 0.191 e. The van der Waals surface area contributed by atoms with Crippen LogP contribution in [0.5, 0.6) is 0 Å². The Hall–Kier alpha value is -2.13. The molecule has 0 atom stereocenters. The van der Waals surface area contributed by atoms with E-state index in [0.29, 0.717) is 22.9 Å². The van der Waals surface area contributed by atoms with Crippen LogP contribution < -0.4 is 0 Å². The molecule has 0 spiro atoms. The van der Waals surface area contributed by atoms with Crippen molar-refractivity contribution < 1.29 is 4.79 Å². The highest BCUT2D eigenvalue weighted by Crippen LogP contribution is 2.32. The van der Waals surface area contributed by atoms with Crippen LogP contribution in [0.4, 0.5) is 0 Å². The normalized spacial score (nSPS) is 15.2. The average molecular weight is 340 g/mol. The molecule has 0 unspecified atom stereocenters. The van der Waals surface area contributed by atoms with Gasteiger partial charge in [0.05, 0.1) is 17.4 Å². The molecule has 5 nitrogen and oxygen atoms in total. The number of hydrogen-bond acceptors (Lipinski definition) is 5. The minimum atomic E-state index is 0.0420. The van der Waals surface area contributed by atoms with E-state index >= 15 is 0 Å². The summed E-state index contributed by atoms with van der Waals surface area (Å²) in [6, 6.07) is 9.28. The summed E-state index contributed by atoms with van der Waals surface area (Å²) in [7, 11) is 0. The molecular weight excluding hydrogens is 320 g/mol. The van der Waals surface area contributed by atoms with Crippen LogP contribution in [0.15, 0.2) is 29.4 Å². The minimum absolute atomic E-state index is 0.0420. The highest BCUT2D eigenvalue weighted by molar-refractivity contribution is 7.99. The second kappa shape index (κ2) is 7.63. The smallest absolute Gasteiger partial charge is 0.191 e. The molecule has 1 aromatic heterocycles. The van der Waals surface area contributed by atoms with Crippen molar-refractivity contribution in [3.05, 3.63) is 41.2 Å². The Morgan fingerprint density at radius 1 is 1.25 bits per heavy atom. The van der Waals surface area contributed by atoms with Gasteiger partial charge in [-0.1, -0.05) is 43.2 Å². The number of benzene rings is 1. The maximum absolute atomic E-state index is 12.4. The van der Waals surface area contributed by atoms with E-state index in [1.807, 2.05) is 6.92 Å². The average Bonchev–Trinajstić information content (AvgIpc) is 3.01. The first-order valence-corrected chi connectivity index (χ1v) is 9.25. The Labute approximate surface area is 146 Å².